The molecule has 6 nitrogen and oxygen atoms in total. The number of hydrogen-bond donors (Lipinski definition) is 0. The maximum atomic E-state index is 12.0. The van der Waals surface area contributed by atoms with E-state index in [1.54, 1.807) is 18.0 Å². The molecule has 0 spiro atoms. The maximum Gasteiger partial charge on any atom is 0.410 e. The summed E-state index contributed by atoms with van der Waals surface area (Å²) in [6, 6.07) is 1.88. The van der Waals surface area contributed by atoms with Gasteiger partial charge in [-0.2, -0.15) is 0 Å². The van der Waals surface area contributed by atoms with Gasteiger partial charge in [0.2, 0.25) is 0 Å². The second-order valence-corrected chi connectivity index (χ2v) is 6.06. The first-order chi connectivity index (χ1) is 9.80. The molecule has 0 saturated carbocycles. The lowest BCUT2D eigenvalue weighted by molar-refractivity contribution is 0.0196. The molecule has 6 heteroatoms. The fourth-order valence-electron chi connectivity index (χ4n) is 1.97. The summed E-state index contributed by atoms with van der Waals surface area (Å²) in [6.45, 7) is 6.98. The zero-order valence-electron chi connectivity index (χ0n) is 12.8. The average molecular weight is 288 g/mol. The molecule has 2 rings (SSSR count). The molecular formula is C15H20N4O2. The van der Waals surface area contributed by atoms with E-state index in [0.29, 0.717) is 18.8 Å². The van der Waals surface area contributed by atoms with Crippen molar-refractivity contribution in [1.82, 2.24) is 14.9 Å². The Balaban J connectivity index is 1.91. The smallest absolute Gasteiger partial charge is 0.410 e. The van der Waals surface area contributed by atoms with E-state index in [9.17, 15) is 4.79 Å². The van der Waals surface area contributed by atoms with Gasteiger partial charge in [0.25, 0.3) is 0 Å². The fraction of sp³-hybridized carbons (Fsp3) is 0.533. The lowest BCUT2D eigenvalue weighted by Crippen LogP contribution is -2.60. The van der Waals surface area contributed by atoms with Gasteiger partial charge in [-0.1, -0.05) is 5.92 Å². The average Bonchev–Trinajstić information content (AvgIpc) is 2.35. The molecule has 1 amide bonds. The van der Waals surface area contributed by atoms with E-state index in [1.807, 2.05) is 25.7 Å². The number of likely N-dealkylation sites (N-methyl/N-ethyl adjacent to an activating group) is 1. The normalized spacial score (nSPS) is 15.1. The Hall–Kier alpha value is -2.29. The molecule has 1 fully saturated rings. The van der Waals surface area contributed by atoms with E-state index in [1.165, 1.54) is 6.33 Å². The zero-order chi connectivity index (χ0) is 15.6. The van der Waals surface area contributed by atoms with Gasteiger partial charge >= 0.3 is 6.09 Å². The molecule has 1 saturated heterocycles. The van der Waals surface area contributed by atoms with Gasteiger partial charge in [-0.25, -0.2) is 14.8 Å². The third-order valence-electron chi connectivity index (χ3n) is 3.22. The van der Waals surface area contributed by atoms with Crippen LogP contribution in [0.25, 0.3) is 0 Å². The number of amides is 1. The van der Waals surface area contributed by atoms with Crippen LogP contribution in [0, 0.1) is 12.3 Å². The molecule has 0 N–H and O–H groups in total. The summed E-state index contributed by atoms with van der Waals surface area (Å²) in [5.74, 6) is 3.27. The monoisotopic (exact) mass is 288 g/mol. The second-order valence-electron chi connectivity index (χ2n) is 6.06. The van der Waals surface area contributed by atoms with E-state index in [4.69, 9.17) is 11.2 Å². The molecule has 0 aliphatic carbocycles. The predicted molar refractivity (Wildman–Crippen MR) is 80.0 cm³/mol. The maximum absolute atomic E-state index is 12.0. The molecule has 0 unspecified atom stereocenters. The molecule has 1 aliphatic rings. The van der Waals surface area contributed by atoms with Gasteiger partial charge in [-0.05, 0) is 20.8 Å². The van der Waals surface area contributed by atoms with Crippen LogP contribution in [-0.2, 0) is 4.74 Å². The highest BCUT2D eigenvalue weighted by Gasteiger charge is 2.35. The van der Waals surface area contributed by atoms with Crippen molar-refractivity contribution >= 4 is 11.9 Å². The predicted octanol–water partition coefficient (Wildman–Crippen LogP) is 1.51. The summed E-state index contributed by atoms with van der Waals surface area (Å²) in [5.41, 5.74) is 0.0762. The summed E-state index contributed by atoms with van der Waals surface area (Å²) >= 11 is 0. The SMILES string of the molecule is C#Cc1cc(N2CC(N(C)C(=O)OC(C)(C)C)C2)ncn1. The highest BCUT2D eigenvalue weighted by Crippen LogP contribution is 2.22. The Morgan fingerprint density at radius 1 is 1.48 bits per heavy atom. The summed E-state index contributed by atoms with van der Waals surface area (Å²) in [4.78, 5) is 23.8. The Kier molecular flexibility index (Phi) is 4.03. The van der Waals surface area contributed by atoms with Crippen molar-refractivity contribution in [1.29, 1.82) is 0 Å². The molecule has 112 valence electrons. The summed E-state index contributed by atoms with van der Waals surface area (Å²) in [6.07, 6.45) is 6.47. The zero-order valence-corrected chi connectivity index (χ0v) is 12.8. The number of rotatable bonds is 2. The molecule has 0 bridgehead atoms. The lowest BCUT2D eigenvalue weighted by Gasteiger charge is -2.44. The number of terminal acetylenes is 1. The first-order valence-electron chi connectivity index (χ1n) is 6.79. The molecule has 2 heterocycles. The van der Waals surface area contributed by atoms with E-state index < -0.39 is 5.60 Å². The van der Waals surface area contributed by atoms with Crippen LogP contribution >= 0.6 is 0 Å². The van der Waals surface area contributed by atoms with Gasteiger partial charge in [-0.15, -0.1) is 6.42 Å². The molecule has 1 aromatic heterocycles. The van der Waals surface area contributed by atoms with Crippen LogP contribution in [0.4, 0.5) is 10.6 Å². The van der Waals surface area contributed by atoms with Gasteiger partial charge in [0.1, 0.15) is 23.4 Å². The molecule has 1 aliphatic heterocycles. The van der Waals surface area contributed by atoms with Crippen molar-refractivity contribution in [3.05, 3.63) is 18.1 Å². The standard InChI is InChI=1S/C15H20N4O2/c1-6-11-7-13(17-10-16-11)19-8-12(9-19)18(5)14(20)21-15(2,3)4/h1,7,10,12H,8-9H2,2-5H3. The Morgan fingerprint density at radius 3 is 2.71 bits per heavy atom. The van der Waals surface area contributed by atoms with Crippen LogP contribution in [0.5, 0.6) is 0 Å². The van der Waals surface area contributed by atoms with Gasteiger partial charge in [0.15, 0.2) is 0 Å². The summed E-state index contributed by atoms with van der Waals surface area (Å²) < 4.78 is 5.35. The Morgan fingerprint density at radius 2 is 2.14 bits per heavy atom. The highest BCUT2D eigenvalue weighted by molar-refractivity contribution is 5.69. The Labute approximate surface area is 125 Å². The largest absolute Gasteiger partial charge is 0.444 e. The minimum absolute atomic E-state index is 0.115. The molecule has 0 aromatic carbocycles. The third kappa shape index (κ3) is 3.63. The van der Waals surface area contributed by atoms with E-state index in [0.717, 1.165) is 5.82 Å². The number of anilines is 1. The number of carbonyl (C=O) groups is 1. The van der Waals surface area contributed by atoms with Gasteiger partial charge in [-0.3, -0.25) is 0 Å². The van der Waals surface area contributed by atoms with Gasteiger partial charge < -0.3 is 14.5 Å². The molecule has 0 radical (unpaired) electrons. The van der Waals surface area contributed by atoms with Crippen molar-refractivity contribution in [3.8, 4) is 12.3 Å². The number of nitrogens with zero attached hydrogens (tertiary/aromatic N) is 4. The minimum atomic E-state index is -0.483. The van der Waals surface area contributed by atoms with Crippen molar-refractivity contribution in [2.45, 2.75) is 32.4 Å². The summed E-state index contributed by atoms with van der Waals surface area (Å²) in [7, 11) is 1.75. The number of ether oxygens (including phenoxy) is 1. The Bertz CT molecular complexity index is 568. The molecule has 21 heavy (non-hydrogen) atoms. The van der Waals surface area contributed by atoms with Gasteiger partial charge in [0.05, 0.1) is 6.04 Å². The van der Waals surface area contributed by atoms with Crippen LogP contribution in [-0.4, -0.2) is 52.7 Å². The van der Waals surface area contributed by atoms with Crippen molar-refractivity contribution in [3.63, 3.8) is 0 Å². The minimum Gasteiger partial charge on any atom is -0.444 e. The van der Waals surface area contributed by atoms with E-state index in [-0.39, 0.29) is 12.1 Å². The second kappa shape index (κ2) is 5.60. The first-order valence-corrected chi connectivity index (χ1v) is 6.79. The number of aromatic nitrogens is 2. The van der Waals surface area contributed by atoms with Crippen LogP contribution in [0.3, 0.4) is 0 Å². The van der Waals surface area contributed by atoms with E-state index >= 15 is 0 Å². The fourth-order valence-corrected chi connectivity index (χ4v) is 1.97. The molecule has 1 aromatic rings. The quantitative estimate of drug-likeness (QED) is 0.772. The lowest BCUT2D eigenvalue weighted by atomic mass is 10.1. The van der Waals surface area contributed by atoms with Crippen LogP contribution in [0.15, 0.2) is 12.4 Å². The van der Waals surface area contributed by atoms with Crippen molar-refractivity contribution < 1.29 is 9.53 Å². The molecule has 0 atom stereocenters. The number of carbonyl (C=O) groups excluding carboxylic acids is 1. The van der Waals surface area contributed by atoms with Crippen molar-refractivity contribution in [2.24, 2.45) is 0 Å². The van der Waals surface area contributed by atoms with Crippen LogP contribution in [0.2, 0.25) is 0 Å². The van der Waals surface area contributed by atoms with Crippen molar-refractivity contribution in [2.75, 3.05) is 25.0 Å². The highest BCUT2D eigenvalue weighted by atomic mass is 16.6. The van der Waals surface area contributed by atoms with Crippen LogP contribution < -0.4 is 4.90 Å². The van der Waals surface area contributed by atoms with Gasteiger partial charge in [0, 0.05) is 26.2 Å². The van der Waals surface area contributed by atoms with Crippen LogP contribution in [0.1, 0.15) is 26.5 Å². The topological polar surface area (TPSA) is 58.6 Å². The molecular weight excluding hydrogens is 268 g/mol. The first kappa shape index (κ1) is 15.1. The third-order valence-corrected chi connectivity index (χ3v) is 3.22. The number of hydrogen-bond acceptors (Lipinski definition) is 5. The summed E-state index contributed by atoms with van der Waals surface area (Å²) in [5, 5.41) is 0. The van der Waals surface area contributed by atoms with E-state index in [2.05, 4.69) is 15.9 Å².